The Morgan fingerprint density at radius 1 is 1.33 bits per heavy atom. The lowest BCUT2D eigenvalue weighted by molar-refractivity contribution is 0.238. The van der Waals surface area contributed by atoms with Crippen LogP contribution in [0, 0.1) is 11.6 Å². The fourth-order valence-corrected chi connectivity index (χ4v) is 2.85. The highest BCUT2D eigenvalue weighted by molar-refractivity contribution is 7.98. The van der Waals surface area contributed by atoms with Crippen LogP contribution in [0.2, 0.25) is 0 Å². The first-order chi connectivity index (χ1) is 10.2. The molecule has 0 fully saturated rings. The van der Waals surface area contributed by atoms with Crippen molar-refractivity contribution in [1.82, 2.24) is 14.9 Å². The van der Waals surface area contributed by atoms with E-state index in [4.69, 9.17) is 0 Å². The number of aromatic nitrogens is 2. The molecule has 0 bridgehead atoms. The van der Waals surface area contributed by atoms with E-state index >= 15 is 0 Å². The Bertz CT molecular complexity index is 663. The molecule has 0 radical (unpaired) electrons. The second-order valence-corrected chi connectivity index (χ2v) is 5.80. The highest BCUT2D eigenvalue weighted by atomic mass is 32.2. The molecule has 1 aromatic heterocycles. The van der Waals surface area contributed by atoms with Crippen LogP contribution < -0.4 is 0 Å². The predicted octanol–water partition coefficient (Wildman–Crippen LogP) is 3.04. The number of thioether (sulfide) groups is 1. The Balaban J connectivity index is 1.76. The first-order valence-corrected chi connectivity index (χ1v) is 7.93. The van der Waals surface area contributed by atoms with Crippen molar-refractivity contribution in [2.45, 2.75) is 24.7 Å². The molecule has 2 heterocycles. The fourth-order valence-electron chi connectivity index (χ4n) is 2.49. The van der Waals surface area contributed by atoms with Gasteiger partial charge >= 0.3 is 0 Å². The summed E-state index contributed by atoms with van der Waals surface area (Å²) in [5, 5.41) is 0.776. The van der Waals surface area contributed by atoms with E-state index in [-0.39, 0.29) is 5.82 Å². The minimum atomic E-state index is -0.406. The minimum Gasteiger partial charge on any atom is -0.294 e. The second-order valence-electron chi connectivity index (χ2n) is 5.03. The first-order valence-electron chi connectivity index (χ1n) is 6.71. The van der Waals surface area contributed by atoms with Crippen molar-refractivity contribution in [3.05, 3.63) is 52.9 Å². The number of fused-ring (bicyclic) bond motifs is 1. The van der Waals surface area contributed by atoms with E-state index in [0.717, 1.165) is 35.4 Å². The molecule has 6 heteroatoms. The van der Waals surface area contributed by atoms with Crippen LogP contribution in [-0.2, 0) is 19.5 Å². The molecule has 3 nitrogen and oxygen atoms in total. The smallest absolute Gasteiger partial charge is 0.187 e. The van der Waals surface area contributed by atoms with Crippen molar-refractivity contribution in [3.63, 3.8) is 0 Å². The van der Waals surface area contributed by atoms with Gasteiger partial charge in [-0.15, -0.1) is 0 Å². The maximum Gasteiger partial charge on any atom is 0.187 e. The number of hydrogen-bond donors (Lipinski definition) is 0. The van der Waals surface area contributed by atoms with Gasteiger partial charge in [0.2, 0.25) is 0 Å². The van der Waals surface area contributed by atoms with Gasteiger partial charge < -0.3 is 0 Å². The summed E-state index contributed by atoms with van der Waals surface area (Å²) in [4.78, 5) is 10.9. The number of benzene rings is 1. The van der Waals surface area contributed by atoms with E-state index in [0.29, 0.717) is 18.7 Å². The van der Waals surface area contributed by atoms with Crippen LogP contribution in [0.3, 0.4) is 0 Å². The molecule has 2 aromatic rings. The van der Waals surface area contributed by atoms with Gasteiger partial charge in [0, 0.05) is 43.4 Å². The van der Waals surface area contributed by atoms with Crippen molar-refractivity contribution in [3.8, 4) is 0 Å². The minimum absolute atomic E-state index is 0.365. The highest BCUT2D eigenvalue weighted by Gasteiger charge is 2.19. The van der Waals surface area contributed by atoms with E-state index < -0.39 is 5.82 Å². The molecular formula is C15H15F2N3S. The lowest BCUT2D eigenvalue weighted by Gasteiger charge is -2.28. The van der Waals surface area contributed by atoms with E-state index in [1.807, 2.05) is 12.5 Å². The third-order valence-electron chi connectivity index (χ3n) is 3.58. The van der Waals surface area contributed by atoms with Gasteiger partial charge in [-0.05, 0) is 24.5 Å². The second kappa shape index (κ2) is 6.07. The van der Waals surface area contributed by atoms with Crippen LogP contribution >= 0.6 is 11.8 Å². The molecule has 0 saturated heterocycles. The molecule has 1 aliphatic rings. The summed E-state index contributed by atoms with van der Waals surface area (Å²) in [5.74, 6) is -0.770. The van der Waals surface area contributed by atoms with E-state index in [1.54, 1.807) is 0 Å². The van der Waals surface area contributed by atoms with Gasteiger partial charge in [-0.1, -0.05) is 11.8 Å². The summed E-state index contributed by atoms with van der Waals surface area (Å²) in [6.45, 7) is 1.85. The molecule has 21 heavy (non-hydrogen) atoms. The van der Waals surface area contributed by atoms with E-state index in [2.05, 4.69) is 14.9 Å². The third-order valence-corrected chi connectivity index (χ3v) is 4.14. The SMILES string of the molecule is CSc1ncc2c(n1)CCN(Cc1cc(F)ccc1F)C2. The predicted molar refractivity (Wildman–Crippen MR) is 78.0 cm³/mol. The van der Waals surface area contributed by atoms with E-state index in [9.17, 15) is 8.78 Å². The van der Waals surface area contributed by atoms with Gasteiger partial charge in [0.05, 0.1) is 5.69 Å². The maximum atomic E-state index is 13.7. The third kappa shape index (κ3) is 3.22. The Morgan fingerprint density at radius 3 is 3.00 bits per heavy atom. The molecule has 1 aliphatic heterocycles. The molecule has 0 saturated carbocycles. The zero-order valence-corrected chi connectivity index (χ0v) is 12.5. The van der Waals surface area contributed by atoms with Crippen LogP contribution in [0.4, 0.5) is 8.78 Å². The number of nitrogens with zero attached hydrogens (tertiary/aromatic N) is 3. The number of halogens is 2. The average Bonchev–Trinajstić information content (AvgIpc) is 2.50. The maximum absolute atomic E-state index is 13.7. The van der Waals surface area contributed by atoms with E-state index in [1.165, 1.54) is 23.9 Å². The Kier molecular flexibility index (Phi) is 4.17. The van der Waals surface area contributed by atoms with Gasteiger partial charge in [-0.2, -0.15) is 0 Å². The van der Waals surface area contributed by atoms with Gasteiger partial charge in [0.1, 0.15) is 11.6 Å². The van der Waals surface area contributed by atoms with Crippen LogP contribution in [0.5, 0.6) is 0 Å². The van der Waals surface area contributed by atoms with Crippen molar-refractivity contribution in [2.75, 3.05) is 12.8 Å². The Labute approximate surface area is 126 Å². The van der Waals surface area contributed by atoms with Crippen molar-refractivity contribution in [2.24, 2.45) is 0 Å². The van der Waals surface area contributed by atoms with Crippen molar-refractivity contribution < 1.29 is 8.78 Å². The quantitative estimate of drug-likeness (QED) is 0.644. The van der Waals surface area contributed by atoms with Gasteiger partial charge in [0.15, 0.2) is 5.16 Å². The molecule has 0 N–H and O–H groups in total. The Morgan fingerprint density at radius 2 is 2.19 bits per heavy atom. The normalized spacial score (nSPS) is 15.0. The molecule has 0 aliphatic carbocycles. The molecule has 0 amide bonds. The van der Waals surface area contributed by atoms with Gasteiger partial charge in [-0.25, -0.2) is 18.7 Å². The van der Waals surface area contributed by atoms with Crippen LogP contribution in [0.25, 0.3) is 0 Å². The van der Waals surface area contributed by atoms with Crippen LogP contribution in [-0.4, -0.2) is 27.7 Å². The molecule has 0 atom stereocenters. The average molecular weight is 307 g/mol. The number of rotatable bonds is 3. The monoisotopic (exact) mass is 307 g/mol. The lowest BCUT2D eigenvalue weighted by atomic mass is 10.1. The standard InChI is InChI=1S/C15H15F2N3S/c1-21-15-18-7-11-9-20(5-4-14(11)19-15)8-10-6-12(16)2-3-13(10)17/h2-3,6-7H,4-5,8-9H2,1H3. The summed E-state index contributed by atoms with van der Waals surface area (Å²) in [7, 11) is 0. The largest absolute Gasteiger partial charge is 0.294 e. The summed E-state index contributed by atoms with van der Waals surface area (Å²) in [5.41, 5.74) is 2.52. The van der Waals surface area contributed by atoms with Gasteiger partial charge in [0.25, 0.3) is 0 Å². The molecule has 3 rings (SSSR count). The summed E-state index contributed by atoms with van der Waals surface area (Å²) in [6.07, 6.45) is 4.59. The molecule has 0 spiro atoms. The van der Waals surface area contributed by atoms with Crippen molar-refractivity contribution in [1.29, 1.82) is 0 Å². The topological polar surface area (TPSA) is 29.0 Å². The fraction of sp³-hybridized carbons (Fsp3) is 0.333. The molecular weight excluding hydrogens is 292 g/mol. The Hall–Kier alpha value is -1.53. The molecule has 1 aromatic carbocycles. The zero-order valence-electron chi connectivity index (χ0n) is 11.6. The summed E-state index contributed by atoms with van der Waals surface area (Å²) < 4.78 is 26.9. The zero-order chi connectivity index (χ0) is 14.8. The molecule has 110 valence electrons. The number of hydrogen-bond acceptors (Lipinski definition) is 4. The lowest BCUT2D eigenvalue weighted by Crippen LogP contribution is -2.31. The van der Waals surface area contributed by atoms with Crippen LogP contribution in [0.15, 0.2) is 29.6 Å². The summed E-state index contributed by atoms with van der Waals surface area (Å²) in [6, 6.07) is 3.58. The highest BCUT2D eigenvalue weighted by Crippen LogP contribution is 2.21. The first kappa shape index (κ1) is 14.4. The van der Waals surface area contributed by atoms with Crippen molar-refractivity contribution >= 4 is 11.8 Å². The molecule has 0 unspecified atom stereocenters. The van der Waals surface area contributed by atoms with Gasteiger partial charge in [-0.3, -0.25) is 4.90 Å². The van der Waals surface area contributed by atoms with Crippen LogP contribution in [0.1, 0.15) is 16.8 Å². The summed E-state index contributed by atoms with van der Waals surface area (Å²) >= 11 is 1.52.